The lowest BCUT2D eigenvalue weighted by Gasteiger charge is -2.14. The van der Waals surface area contributed by atoms with E-state index in [1.165, 1.54) is 12.8 Å². The lowest BCUT2D eigenvalue weighted by molar-refractivity contribution is -0.128. The van der Waals surface area contributed by atoms with E-state index in [2.05, 4.69) is 15.6 Å². The molecule has 0 bridgehead atoms. The molecule has 2 N–H and O–H groups in total. The molecule has 0 atom stereocenters. The Hall–Kier alpha value is -1.51. The Bertz CT molecular complexity index is 589. The minimum Gasteiger partial charge on any atom is -0.493 e. The van der Waals surface area contributed by atoms with Gasteiger partial charge in [0.05, 0.1) is 13.2 Å². The highest BCUT2D eigenvalue weighted by Gasteiger charge is 2.22. The predicted molar refractivity (Wildman–Crippen MR) is 116 cm³/mol. The molecule has 0 spiro atoms. The van der Waals surface area contributed by atoms with E-state index in [0.29, 0.717) is 25.5 Å². The van der Waals surface area contributed by atoms with Crippen LogP contribution in [0.4, 0.5) is 0 Å². The van der Waals surface area contributed by atoms with Gasteiger partial charge >= 0.3 is 0 Å². The monoisotopic (exact) mass is 474 g/mol. The summed E-state index contributed by atoms with van der Waals surface area (Å²) in [6.45, 7) is 4.69. The lowest BCUT2D eigenvalue weighted by atomic mass is 10.2. The van der Waals surface area contributed by atoms with Crippen molar-refractivity contribution in [3.05, 3.63) is 29.8 Å². The van der Waals surface area contributed by atoms with Crippen LogP contribution in [-0.4, -0.2) is 50.6 Å². The van der Waals surface area contributed by atoms with E-state index >= 15 is 0 Å². The summed E-state index contributed by atoms with van der Waals surface area (Å²) in [5.41, 5.74) is 1.07. The molecule has 0 heterocycles. The van der Waals surface area contributed by atoms with Crippen LogP contribution in [0, 0.1) is 5.92 Å². The third kappa shape index (κ3) is 8.25. The van der Waals surface area contributed by atoms with Gasteiger partial charge in [0, 0.05) is 39.2 Å². The molecule has 1 aromatic carbocycles. The molecule has 0 unspecified atom stereocenters. The fourth-order valence-corrected chi connectivity index (χ4v) is 2.28. The number of nitrogens with one attached hydrogen (secondary N) is 2. The molecule has 1 amide bonds. The van der Waals surface area contributed by atoms with Crippen LogP contribution in [0.3, 0.4) is 0 Å². The van der Waals surface area contributed by atoms with Gasteiger partial charge in [-0.2, -0.15) is 0 Å². The number of rotatable bonds is 9. The third-order valence-corrected chi connectivity index (χ3v) is 4.03. The number of carbonyl (C=O) groups excluding carboxylic acids is 1. The van der Waals surface area contributed by atoms with E-state index in [1.807, 2.05) is 31.2 Å². The van der Waals surface area contributed by atoms with Crippen LogP contribution in [-0.2, 0) is 11.3 Å². The Morgan fingerprint density at radius 3 is 2.65 bits per heavy atom. The summed E-state index contributed by atoms with van der Waals surface area (Å²) in [5.74, 6) is 2.45. The number of halogens is 1. The maximum atomic E-state index is 11.6. The summed E-state index contributed by atoms with van der Waals surface area (Å²) in [6.07, 6.45) is 3.00. The van der Waals surface area contributed by atoms with Gasteiger partial charge in [0.1, 0.15) is 5.75 Å². The van der Waals surface area contributed by atoms with E-state index in [1.54, 1.807) is 19.0 Å². The summed E-state index contributed by atoms with van der Waals surface area (Å²) < 4.78 is 5.93. The smallest absolute Gasteiger partial charge is 0.223 e. The number of carbonyl (C=O) groups is 1. The highest BCUT2D eigenvalue weighted by Crippen LogP contribution is 2.30. The average Bonchev–Trinajstić information content (AvgIpc) is 3.42. The molecule has 0 radical (unpaired) electrons. The van der Waals surface area contributed by atoms with Crippen molar-refractivity contribution in [2.75, 3.05) is 33.8 Å². The van der Waals surface area contributed by atoms with Crippen molar-refractivity contribution in [1.82, 2.24) is 15.5 Å². The number of aliphatic imine (C=N–C) groups is 1. The number of hydrogen-bond donors (Lipinski definition) is 2. The zero-order chi connectivity index (χ0) is 18.1. The van der Waals surface area contributed by atoms with Crippen LogP contribution in [0.25, 0.3) is 0 Å². The van der Waals surface area contributed by atoms with Gasteiger partial charge < -0.3 is 20.3 Å². The first-order valence-electron chi connectivity index (χ1n) is 9.03. The number of amides is 1. The SMILES string of the molecule is CCNC(=NCc1ccccc1OCC1CC1)NCCC(=O)N(C)C.I. The van der Waals surface area contributed by atoms with Crippen molar-refractivity contribution in [2.24, 2.45) is 10.9 Å². The van der Waals surface area contributed by atoms with Gasteiger partial charge in [-0.05, 0) is 31.7 Å². The van der Waals surface area contributed by atoms with Gasteiger partial charge in [-0.15, -0.1) is 24.0 Å². The Morgan fingerprint density at radius 1 is 1.27 bits per heavy atom. The Balaban J connectivity index is 0.00000338. The predicted octanol–water partition coefficient (Wildman–Crippen LogP) is 2.63. The van der Waals surface area contributed by atoms with Crippen LogP contribution >= 0.6 is 24.0 Å². The maximum absolute atomic E-state index is 11.6. The maximum Gasteiger partial charge on any atom is 0.223 e. The molecule has 1 aliphatic rings. The molecule has 1 aliphatic carbocycles. The zero-order valence-corrected chi connectivity index (χ0v) is 18.3. The summed E-state index contributed by atoms with van der Waals surface area (Å²) in [6, 6.07) is 8.05. The number of guanidine groups is 1. The summed E-state index contributed by atoms with van der Waals surface area (Å²) >= 11 is 0. The van der Waals surface area contributed by atoms with Crippen LogP contribution in [0.1, 0.15) is 31.7 Å². The number of benzene rings is 1. The van der Waals surface area contributed by atoms with Crippen LogP contribution < -0.4 is 15.4 Å². The first-order chi connectivity index (χ1) is 12.1. The van der Waals surface area contributed by atoms with Gasteiger partial charge in [-0.25, -0.2) is 4.99 Å². The first kappa shape index (κ1) is 22.5. The molecule has 1 saturated carbocycles. The van der Waals surface area contributed by atoms with Crippen molar-refractivity contribution in [1.29, 1.82) is 0 Å². The molecule has 1 fully saturated rings. The van der Waals surface area contributed by atoms with Crippen molar-refractivity contribution >= 4 is 35.8 Å². The molecule has 146 valence electrons. The highest BCUT2D eigenvalue weighted by atomic mass is 127. The average molecular weight is 474 g/mol. The fourth-order valence-electron chi connectivity index (χ4n) is 2.28. The zero-order valence-electron chi connectivity index (χ0n) is 16.0. The second-order valence-electron chi connectivity index (χ2n) is 6.52. The second kappa shape index (κ2) is 12.0. The number of hydrogen-bond acceptors (Lipinski definition) is 3. The van der Waals surface area contributed by atoms with Gasteiger partial charge in [-0.1, -0.05) is 18.2 Å². The highest BCUT2D eigenvalue weighted by molar-refractivity contribution is 14.0. The van der Waals surface area contributed by atoms with E-state index in [0.717, 1.165) is 30.4 Å². The number of ether oxygens (including phenoxy) is 1. The Kier molecular flexibility index (Phi) is 10.4. The van der Waals surface area contributed by atoms with Crippen LogP contribution in [0.15, 0.2) is 29.3 Å². The molecule has 0 aromatic heterocycles. The molecular formula is C19H31IN4O2. The Labute approximate surface area is 173 Å². The molecule has 2 rings (SSSR count). The first-order valence-corrected chi connectivity index (χ1v) is 9.03. The number of para-hydroxylation sites is 1. The standard InChI is InChI=1S/C19H30N4O2.HI/c1-4-20-19(21-12-11-18(24)23(2)3)22-13-16-7-5-6-8-17(16)25-14-15-9-10-15;/h5-8,15H,4,9-14H2,1-3H3,(H2,20,21,22);1H. The van der Waals surface area contributed by atoms with E-state index in [9.17, 15) is 4.79 Å². The second-order valence-corrected chi connectivity index (χ2v) is 6.52. The fraction of sp³-hybridized carbons (Fsp3) is 0.579. The van der Waals surface area contributed by atoms with Crippen molar-refractivity contribution in [3.63, 3.8) is 0 Å². The molecule has 26 heavy (non-hydrogen) atoms. The topological polar surface area (TPSA) is 66.0 Å². The van der Waals surface area contributed by atoms with E-state index < -0.39 is 0 Å². The molecule has 1 aromatic rings. The summed E-state index contributed by atoms with van der Waals surface area (Å²) in [5, 5.41) is 6.42. The normalized spacial score (nSPS) is 13.6. The minimum atomic E-state index is 0. The van der Waals surface area contributed by atoms with Gasteiger partial charge in [-0.3, -0.25) is 4.79 Å². The van der Waals surface area contributed by atoms with Crippen molar-refractivity contribution in [3.8, 4) is 5.75 Å². The lowest BCUT2D eigenvalue weighted by Crippen LogP contribution is -2.39. The largest absolute Gasteiger partial charge is 0.493 e. The molecule has 0 saturated heterocycles. The molecule has 0 aliphatic heterocycles. The van der Waals surface area contributed by atoms with Crippen molar-refractivity contribution in [2.45, 2.75) is 32.7 Å². The summed E-state index contributed by atoms with van der Waals surface area (Å²) in [7, 11) is 3.53. The molecular weight excluding hydrogens is 443 g/mol. The van der Waals surface area contributed by atoms with Gasteiger partial charge in [0.25, 0.3) is 0 Å². The summed E-state index contributed by atoms with van der Waals surface area (Å²) in [4.78, 5) is 17.9. The minimum absolute atomic E-state index is 0. The third-order valence-electron chi connectivity index (χ3n) is 4.03. The molecule has 6 nitrogen and oxygen atoms in total. The Morgan fingerprint density at radius 2 is 2.00 bits per heavy atom. The van der Waals surface area contributed by atoms with Crippen LogP contribution in [0.5, 0.6) is 5.75 Å². The van der Waals surface area contributed by atoms with E-state index in [4.69, 9.17) is 4.74 Å². The van der Waals surface area contributed by atoms with Gasteiger partial charge in [0.15, 0.2) is 5.96 Å². The number of nitrogens with zero attached hydrogens (tertiary/aromatic N) is 2. The van der Waals surface area contributed by atoms with Crippen LogP contribution in [0.2, 0.25) is 0 Å². The van der Waals surface area contributed by atoms with E-state index in [-0.39, 0.29) is 29.9 Å². The van der Waals surface area contributed by atoms with Gasteiger partial charge in [0.2, 0.25) is 5.91 Å². The van der Waals surface area contributed by atoms with Crippen molar-refractivity contribution < 1.29 is 9.53 Å². The quantitative estimate of drug-likeness (QED) is 0.328. The molecule has 7 heteroatoms.